The van der Waals surface area contributed by atoms with E-state index in [1.165, 1.54) is 39.0 Å². The number of rotatable bonds is 3. The van der Waals surface area contributed by atoms with Gasteiger partial charge in [-0.15, -0.1) is 0 Å². The largest absolute Gasteiger partial charge is 0.466 e. The predicted octanol–water partition coefficient (Wildman–Crippen LogP) is 0.791. The highest BCUT2D eigenvalue weighted by atomic mass is 16.5. The summed E-state index contributed by atoms with van der Waals surface area (Å²) in [5, 5.41) is 3.42. The topological polar surface area (TPSA) is 41.6 Å². The van der Waals surface area contributed by atoms with Crippen LogP contribution in [-0.4, -0.2) is 50.7 Å². The molecule has 0 atom stereocenters. The molecule has 2 aliphatic heterocycles. The van der Waals surface area contributed by atoms with Gasteiger partial charge >= 0.3 is 5.97 Å². The van der Waals surface area contributed by atoms with Crippen molar-refractivity contribution in [3.05, 3.63) is 12.2 Å². The Balaban J connectivity index is 1.77. The summed E-state index contributed by atoms with van der Waals surface area (Å²) in [7, 11) is 1.41. The van der Waals surface area contributed by atoms with E-state index in [-0.39, 0.29) is 5.97 Å². The van der Waals surface area contributed by atoms with Crippen molar-refractivity contribution in [2.45, 2.75) is 19.3 Å². The minimum atomic E-state index is -0.263. The first-order chi connectivity index (χ1) is 8.24. The number of likely N-dealkylation sites (tertiary alicyclic amines) is 1. The molecule has 17 heavy (non-hydrogen) atoms. The average Bonchev–Trinajstić information content (AvgIpc) is 2.73. The van der Waals surface area contributed by atoms with Crippen LogP contribution in [0.4, 0.5) is 0 Å². The van der Waals surface area contributed by atoms with Crippen molar-refractivity contribution in [2.24, 2.45) is 5.41 Å². The van der Waals surface area contributed by atoms with Gasteiger partial charge in [-0.05, 0) is 44.3 Å². The van der Waals surface area contributed by atoms with E-state index in [0.29, 0.717) is 5.41 Å². The van der Waals surface area contributed by atoms with Gasteiger partial charge in [0.05, 0.1) is 7.11 Å². The van der Waals surface area contributed by atoms with Gasteiger partial charge in [-0.3, -0.25) is 4.90 Å². The summed E-state index contributed by atoms with van der Waals surface area (Å²) in [6.45, 7) is 5.52. The molecule has 0 amide bonds. The van der Waals surface area contributed by atoms with Gasteiger partial charge in [-0.25, -0.2) is 4.79 Å². The summed E-state index contributed by atoms with van der Waals surface area (Å²) in [4.78, 5) is 13.4. The van der Waals surface area contributed by atoms with Crippen LogP contribution < -0.4 is 5.32 Å². The Kier molecular flexibility index (Phi) is 4.18. The van der Waals surface area contributed by atoms with Crippen molar-refractivity contribution in [1.82, 2.24) is 10.2 Å². The SMILES string of the molecule is COC(=O)/C=C/CN1CCC2(CCNCC2)C1. The Hall–Kier alpha value is -0.870. The average molecular weight is 238 g/mol. The molecule has 2 heterocycles. The number of piperidine rings is 1. The molecule has 2 fully saturated rings. The standard InChI is InChI=1S/C13H22N2O2/c1-17-12(16)3-2-9-15-10-6-13(11-15)4-7-14-8-5-13/h2-3,14H,4-11H2,1H3/b3-2+. The van der Waals surface area contributed by atoms with Gasteiger partial charge in [-0.2, -0.15) is 0 Å². The van der Waals surface area contributed by atoms with Crippen molar-refractivity contribution in [3.8, 4) is 0 Å². The number of nitrogens with zero attached hydrogens (tertiary/aromatic N) is 1. The first kappa shape index (κ1) is 12.6. The second-order valence-electron chi connectivity index (χ2n) is 5.16. The molecule has 2 aliphatic rings. The number of carbonyl (C=O) groups is 1. The maximum absolute atomic E-state index is 10.9. The van der Waals surface area contributed by atoms with Crippen LogP contribution in [0.1, 0.15) is 19.3 Å². The van der Waals surface area contributed by atoms with Gasteiger partial charge in [0, 0.05) is 19.2 Å². The van der Waals surface area contributed by atoms with E-state index >= 15 is 0 Å². The van der Waals surface area contributed by atoms with Crippen LogP contribution in [0.3, 0.4) is 0 Å². The number of esters is 1. The first-order valence-corrected chi connectivity index (χ1v) is 6.42. The summed E-state index contributed by atoms with van der Waals surface area (Å²) in [6.07, 6.45) is 7.33. The molecule has 1 N–H and O–H groups in total. The summed E-state index contributed by atoms with van der Waals surface area (Å²) in [5.41, 5.74) is 0.546. The van der Waals surface area contributed by atoms with Crippen molar-refractivity contribution in [2.75, 3.05) is 39.8 Å². The molecule has 96 valence electrons. The van der Waals surface area contributed by atoms with Crippen LogP contribution in [0.15, 0.2) is 12.2 Å². The molecule has 0 saturated carbocycles. The van der Waals surface area contributed by atoms with Gasteiger partial charge in [-0.1, -0.05) is 6.08 Å². The Morgan fingerprint density at radius 2 is 2.18 bits per heavy atom. The lowest BCUT2D eigenvalue weighted by Crippen LogP contribution is -2.38. The van der Waals surface area contributed by atoms with Gasteiger partial charge < -0.3 is 10.1 Å². The van der Waals surface area contributed by atoms with Gasteiger partial charge in [0.25, 0.3) is 0 Å². The summed E-state index contributed by atoms with van der Waals surface area (Å²) in [5.74, 6) is -0.263. The number of carbonyl (C=O) groups excluding carboxylic acids is 1. The first-order valence-electron chi connectivity index (χ1n) is 6.42. The second kappa shape index (κ2) is 5.65. The molecule has 0 aromatic heterocycles. The van der Waals surface area contributed by atoms with Gasteiger partial charge in [0.15, 0.2) is 0 Å². The molecule has 0 aromatic rings. The van der Waals surface area contributed by atoms with Crippen molar-refractivity contribution >= 4 is 5.97 Å². The lowest BCUT2D eigenvalue weighted by molar-refractivity contribution is -0.134. The van der Waals surface area contributed by atoms with Crippen LogP contribution in [0.2, 0.25) is 0 Å². The van der Waals surface area contributed by atoms with Gasteiger partial charge in [0.1, 0.15) is 0 Å². The molecule has 2 saturated heterocycles. The number of methoxy groups -OCH3 is 1. The zero-order valence-electron chi connectivity index (χ0n) is 10.6. The lowest BCUT2D eigenvalue weighted by atomic mass is 9.78. The summed E-state index contributed by atoms with van der Waals surface area (Å²) < 4.78 is 4.57. The lowest BCUT2D eigenvalue weighted by Gasteiger charge is -2.33. The quantitative estimate of drug-likeness (QED) is 0.583. The van der Waals surface area contributed by atoms with Crippen LogP contribution in [0.5, 0.6) is 0 Å². The maximum Gasteiger partial charge on any atom is 0.330 e. The summed E-state index contributed by atoms with van der Waals surface area (Å²) >= 11 is 0. The molecule has 4 heteroatoms. The van der Waals surface area contributed by atoms with E-state index in [2.05, 4.69) is 15.0 Å². The predicted molar refractivity (Wildman–Crippen MR) is 66.7 cm³/mol. The molecule has 2 rings (SSSR count). The molecular formula is C13H22N2O2. The number of ether oxygens (including phenoxy) is 1. The third kappa shape index (κ3) is 3.30. The van der Waals surface area contributed by atoms with Crippen LogP contribution in [0, 0.1) is 5.41 Å². The zero-order chi connectivity index (χ0) is 12.1. The zero-order valence-corrected chi connectivity index (χ0v) is 10.6. The third-order valence-corrected chi connectivity index (χ3v) is 4.00. The van der Waals surface area contributed by atoms with E-state index in [0.717, 1.165) is 26.2 Å². The normalized spacial score (nSPS) is 24.5. The van der Waals surface area contributed by atoms with Crippen LogP contribution in [0.25, 0.3) is 0 Å². The van der Waals surface area contributed by atoms with E-state index < -0.39 is 0 Å². The summed E-state index contributed by atoms with van der Waals surface area (Å²) in [6, 6.07) is 0. The monoisotopic (exact) mass is 238 g/mol. The van der Waals surface area contributed by atoms with E-state index in [4.69, 9.17) is 0 Å². The second-order valence-corrected chi connectivity index (χ2v) is 5.16. The Bertz CT molecular complexity index is 296. The van der Waals surface area contributed by atoms with Crippen molar-refractivity contribution in [1.29, 1.82) is 0 Å². The Morgan fingerprint density at radius 1 is 1.41 bits per heavy atom. The fraction of sp³-hybridized carbons (Fsp3) is 0.769. The van der Waals surface area contributed by atoms with Crippen LogP contribution >= 0.6 is 0 Å². The smallest absolute Gasteiger partial charge is 0.330 e. The number of nitrogens with one attached hydrogen (secondary N) is 1. The highest BCUT2D eigenvalue weighted by Crippen LogP contribution is 2.38. The fourth-order valence-electron chi connectivity index (χ4n) is 2.91. The van der Waals surface area contributed by atoms with E-state index in [9.17, 15) is 4.79 Å². The number of hydrogen-bond donors (Lipinski definition) is 1. The highest BCUT2D eigenvalue weighted by Gasteiger charge is 2.38. The molecule has 4 nitrogen and oxygen atoms in total. The third-order valence-electron chi connectivity index (χ3n) is 4.00. The molecule has 1 spiro atoms. The fourth-order valence-corrected chi connectivity index (χ4v) is 2.91. The minimum absolute atomic E-state index is 0.263. The van der Waals surface area contributed by atoms with E-state index in [1.54, 1.807) is 0 Å². The maximum atomic E-state index is 10.9. The van der Waals surface area contributed by atoms with Crippen molar-refractivity contribution in [3.63, 3.8) is 0 Å². The number of hydrogen-bond acceptors (Lipinski definition) is 4. The molecule has 0 bridgehead atoms. The Labute approximate surface area is 103 Å². The molecule has 0 aliphatic carbocycles. The molecular weight excluding hydrogens is 216 g/mol. The van der Waals surface area contributed by atoms with Crippen molar-refractivity contribution < 1.29 is 9.53 Å². The molecule has 0 radical (unpaired) electrons. The molecule has 0 unspecified atom stereocenters. The Morgan fingerprint density at radius 3 is 2.88 bits per heavy atom. The van der Waals surface area contributed by atoms with E-state index in [1.807, 2.05) is 6.08 Å². The molecule has 0 aromatic carbocycles. The highest BCUT2D eigenvalue weighted by molar-refractivity contribution is 5.81. The van der Waals surface area contributed by atoms with Gasteiger partial charge in [0.2, 0.25) is 0 Å². The van der Waals surface area contributed by atoms with Crippen LogP contribution in [-0.2, 0) is 9.53 Å². The minimum Gasteiger partial charge on any atom is -0.466 e.